The van der Waals surface area contributed by atoms with Gasteiger partial charge in [-0.3, -0.25) is 14.4 Å². The van der Waals surface area contributed by atoms with Crippen molar-refractivity contribution in [3.05, 3.63) is 65.1 Å². The van der Waals surface area contributed by atoms with Crippen LogP contribution in [0.2, 0.25) is 0 Å². The Morgan fingerprint density at radius 2 is 1.84 bits per heavy atom. The van der Waals surface area contributed by atoms with Crippen LogP contribution in [0, 0.1) is 11.7 Å². The maximum atomic E-state index is 13.3. The summed E-state index contributed by atoms with van der Waals surface area (Å²) in [4.78, 5) is 43.1. The number of hydrogen-bond donors (Lipinski definition) is 1. The standard InChI is InChI=1S/C24H24FN3O4/c1-27-13-20(22(30)14-29)18-11-19(23(32-26)12-21(18)27)24(31)28-8-6-16(7-9-28)10-15-2-4-17(25)5-3-15/h2-5,11-14,16H,6-10,26H2,1H3. The van der Waals surface area contributed by atoms with Gasteiger partial charge in [-0.1, -0.05) is 12.1 Å². The molecule has 7 nitrogen and oxygen atoms in total. The van der Waals surface area contributed by atoms with Crippen LogP contribution >= 0.6 is 0 Å². The summed E-state index contributed by atoms with van der Waals surface area (Å²) in [5.74, 6) is 4.92. The largest absolute Gasteiger partial charge is 0.411 e. The third-order valence-electron chi connectivity index (χ3n) is 6.16. The lowest BCUT2D eigenvalue weighted by Gasteiger charge is -2.32. The van der Waals surface area contributed by atoms with Crippen LogP contribution in [-0.4, -0.2) is 40.5 Å². The first-order chi connectivity index (χ1) is 15.4. The maximum absolute atomic E-state index is 13.3. The fraction of sp³-hybridized carbons (Fsp3) is 0.292. The number of hydrogen-bond acceptors (Lipinski definition) is 5. The molecule has 2 N–H and O–H groups in total. The molecular weight excluding hydrogens is 413 g/mol. The summed E-state index contributed by atoms with van der Waals surface area (Å²) in [5, 5.41) is 0.500. The van der Waals surface area contributed by atoms with Crippen LogP contribution in [-0.2, 0) is 18.3 Å². The number of nitrogens with two attached hydrogens (primary N) is 1. The summed E-state index contributed by atoms with van der Waals surface area (Å²) in [6.45, 7) is 1.14. The average Bonchev–Trinajstić information content (AvgIpc) is 3.14. The highest BCUT2D eigenvalue weighted by molar-refractivity contribution is 6.36. The highest BCUT2D eigenvalue weighted by atomic mass is 19.1. The molecule has 32 heavy (non-hydrogen) atoms. The van der Waals surface area contributed by atoms with E-state index in [4.69, 9.17) is 10.7 Å². The van der Waals surface area contributed by atoms with E-state index in [0.717, 1.165) is 24.8 Å². The molecule has 0 saturated carbocycles. The number of aldehydes is 1. The molecular formula is C24H24FN3O4. The lowest BCUT2D eigenvalue weighted by Crippen LogP contribution is -2.39. The Morgan fingerprint density at radius 1 is 1.16 bits per heavy atom. The third-order valence-corrected chi connectivity index (χ3v) is 6.16. The van der Waals surface area contributed by atoms with E-state index >= 15 is 0 Å². The molecule has 2 heterocycles. The van der Waals surface area contributed by atoms with E-state index in [9.17, 15) is 18.8 Å². The number of ketones is 1. The number of aryl methyl sites for hydroxylation is 1. The lowest BCUT2D eigenvalue weighted by atomic mass is 9.90. The average molecular weight is 437 g/mol. The number of Topliss-reactive ketones (excluding diaryl/α,β-unsaturated/α-hetero) is 1. The zero-order valence-electron chi connectivity index (χ0n) is 17.7. The van der Waals surface area contributed by atoms with E-state index in [-0.39, 0.29) is 34.9 Å². The summed E-state index contributed by atoms with van der Waals surface area (Å²) in [5.41, 5.74) is 2.19. The number of fused-ring (bicyclic) bond motifs is 1. The van der Waals surface area contributed by atoms with E-state index in [0.29, 0.717) is 29.9 Å². The predicted molar refractivity (Wildman–Crippen MR) is 117 cm³/mol. The Labute approximate surface area is 184 Å². The van der Waals surface area contributed by atoms with Crippen molar-refractivity contribution in [2.75, 3.05) is 13.1 Å². The number of nitrogens with zero attached hydrogens (tertiary/aromatic N) is 2. The van der Waals surface area contributed by atoms with Gasteiger partial charge in [-0.2, -0.15) is 5.90 Å². The van der Waals surface area contributed by atoms with Crippen LogP contribution in [0.3, 0.4) is 0 Å². The van der Waals surface area contributed by atoms with Gasteiger partial charge in [0, 0.05) is 37.8 Å². The molecule has 1 aliphatic rings. The summed E-state index contributed by atoms with van der Waals surface area (Å²) in [6, 6.07) is 9.69. The number of amides is 1. The molecule has 1 fully saturated rings. The minimum atomic E-state index is -0.656. The van der Waals surface area contributed by atoms with Gasteiger partial charge in [0.1, 0.15) is 5.82 Å². The van der Waals surface area contributed by atoms with Crippen molar-refractivity contribution in [3.8, 4) is 5.75 Å². The van der Waals surface area contributed by atoms with Gasteiger partial charge in [0.25, 0.3) is 5.91 Å². The molecule has 0 radical (unpaired) electrons. The minimum Gasteiger partial charge on any atom is -0.411 e. The van der Waals surface area contributed by atoms with Gasteiger partial charge in [0.15, 0.2) is 12.0 Å². The van der Waals surface area contributed by atoms with Gasteiger partial charge in [0.05, 0.1) is 16.6 Å². The number of carbonyl (C=O) groups is 3. The molecule has 0 atom stereocenters. The van der Waals surface area contributed by atoms with E-state index in [1.165, 1.54) is 12.1 Å². The quantitative estimate of drug-likeness (QED) is 0.277. The summed E-state index contributed by atoms with van der Waals surface area (Å²) in [6.07, 6.45) is 4.30. The van der Waals surface area contributed by atoms with Crippen molar-refractivity contribution in [2.24, 2.45) is 18.9 Å². The van der Waals surface area contributed by atoms with Crippen molar-refractivity contribution in [3.63, 3.8) is 0 Å². The topological polar surface area (TPSA) is 94.6 Å². The molecule has 0 bridgehead atoms. The van der Waals surface area contributed by atoms with Crippen LogP contribution in [0.15, 0.2) is 42.6 Å². The second-order valence-corrected chi connectivity index (χ2v) is 8.19. The van der Waals surface area contributed by atoms with Crippen molar-refractivity contribution in [1.82, 2.24) is 9.47 Å². The number of carbonyl (C=O) groups excluding carboxylic acids is 3. The molecule has 0 aliphatic carbocycles. The van der Waals surface area contributed by atoms with Crippen LogP contribution in [0.5, 0.6) is 5.75 Å². The number of aromatic nitrogens is 1. The number of rotatable bonds is 6. The van der Waals surface area contributed by atoms with E-state index < -0.39 is 5.78 Å². The van der Waals surface area contributed by atoms with Gasteiger partial charge in [0.2, 0.25) is 5.78 Å². The Bertz CT molecular complexity index is 1180. The first kappa shape index (κ1) is 21.7. The fourth-order valence-electron chi connectivity index (χ4n) is 4.40. The molecule has 1 aromatic heterocycles. The van der Waals surface area contributed by atoms with Gasteiger partial charge in [-0.15, -0.1) is 0 Å². The molecule has 0 unspecified atom stereocenters. The van der Waals surface area contributed by atoms with Gasteiger partial charge >= 0.3 is 0 Å². The third kappa shape index (κ3) is 4.13. The minimum absolute atomic E-state index is 0.210. The molecule has 0 spiro atoms. The number of benzene rings is 2. The first-order valence-corrected chi connectivity index (χ1v) is 10.4. The van der Waals surface area contributed by atoms with Crippen molar-refractivity contribution >= 4 is 28.9 Å². The molecule has 1 amide bonds. The zero-order chi connectivity index (χ0) is 22.8. The van der Waals surface area contributed by atoms with Gasteiger partial charge < -0.3 is 14.3 Å². The Hall–Kier alpha value is -3.52. The molecule has 4 rings (SSSR count). The summed E-state index contributed by atoms with van der Waals surface area (Å²) in [7, 11) is 1.73. The second-order valence-electron chi connectivity index (χ2n) is 8.19. The normalized spacial score (nSPS) is 14.5. The van der Waals surface area contributed by atoms with Crippen LogP contribution in [0.4, 0.5) is 4.39 Å². The van der Waals surface area contributed by atoms with E-state index in [1.54, 1.807) is 47.0 Å². The Kier molecular flexibility index (Phi) is 6.05. The van der Waals surface area contributed by atoms with Crippen molar-refractivity contribution in [1.29, 1.82) is 0 Å². The Balaban J connectivity index is 1.54. The predicted octanol–water partition coefficient (Wildman–Crippen LogP) is 3.05. The summed E-state index contributed by atoms with van der Waals surface area (Å²) < 4.78 is 14.8. The molecule has 1 aliphatic heterocycles. The molecule has 166 valence electrons. The van der Waals surface area contributed by atoms with Gasteiger partial charge in [-0.05, 0) is 48.9 Å². The Morgan fingerprint density at radius 3 is 2.47 bits per heavy atom. The zero-order valence-corrected chi connectivity index (χ0v) is 17.7. The van der Waals surface area contributed by atoms with Gasteiger partial charge in [-0.25, -0.2) is 4.39 Å². The monoisotopic (exact) mass is 437 g/mol. The number of halogens is 1. The molecule has 3 aromatic rings. The number of piperidine rings is 1. The lowest BCUT2D eigenvalue weighted by molar-refractivity contribution is -0.104. The van der Waals surface area contributed by atoms with Crippen LogP contribution < -0.4 is 10.7 Å². The maximum Gasteiger partial charge on any atom is 0.257 e. The first-order valence-electron chi connectivity index (χ1n) is 10.4. The van der Waals surface area contributed by atoms with Crippen LogP contribution in [0.1, 0.15) is 39.1 Å². The van der Waals surface area contributed by atoms with Crippen molar-refractivity contribution in [2.45, 2.75) is 19.3 Å². The van der Waals surface area contributed by atoms with E-state index in [1.807, 2.05) is 0 Å². The molecule has 1 saturated heterocycles. The highest BCUT2D eigenvalue weighted by Gasteiger charge is 2.27. The smallest absolute Gasteiger partial charge is 0.257 e. The van der Waals surface area contributed by atoms with E-state index in [2.05, 4.69) is 0 Å². The molecule has 2 aromatic carbocycles. The number of likely N-dealkylation sites (tertiary alicyclic amines) is 1. The molecule has 8 heteroatoms. The van der Waals surface area contributed by atoms with Crippen LogP contribution in [0.25, 0.3) is 10.9 Å². The highest BCUT2D eigenvalue weighted by Crippen LogP contribution is 2.31. The van der Waals surface area contributed by atoms with Crippen molar-refractivity contribution < 1.29 is 23.6 Å². The SMILES string of the molecule is Cn1cc(C(=O)C=O)c2cc(C(=O)N3CCC(Cc4ccc(F)cc4)CC3)c(ON)cc21. The second kappa shape index (κ2) is 8.92. The summed E-state index contributed by atoms with van der Waals surface area (Å²) >= 11 is 0. The fourth-order valence-corrected chi connectivity index (χ4v) is 4.40.